The number of halogens is 2. The van der Waals surface area contributed by atoms with Gasteiger partial charge in [-0.25, -0.2) is 0 Å². The average Bonchev–Trinajstić information content (AvgIpc) is 2.89. The monoisotopic (exact) mass is 484 g/mol. The second-order valence-corrected chi connectivity index (χ2v) is 10.3. The fourth-order valence-electron chi connectivity index (χ4n) is 6.05. The van der Waals surface area contributed by atoms with Crippen LogP contribution in [0.3, 0.4) is 0 Å². The summed E-state index contributed by atoms with van der Waals surface area (Å²) < 4.78 is 38.7. The van der Waals surface area contributed by atoms with E-state index in [2.05, 4.69) is 31.2 Å². The van der Waals surface area contributed by atoms with Crippen molar-refractivity contribution in [3.63, 3.8) is 0 Å². The topological polar surface area (TPSA) is 35.5 Å². The fourth-order valence-corrected chi connectivity index (χ4v) is 6.05. The van der Waals surface area contributed by atoms with Crippen LogP contribution in [0.5, 0.6) is 11.5 Å². The van der Waals surface area contributed by atoms with Crippen molar-refractivity contribution in [2.75, 3.05) is 6.61 Å². The first-order valence-corrected chi connectivity index (χ1v) is 13.4. The van der Waals surface area contributed by atoms with Crippen LogP contribution in [0.1, 0.15) is 88.7 Å². The van der Waals surface area contributed by atoms with Crippen LogP contribution < -0.4 is 9.47 Å². The summed E-state index contributed by atoms with van der Waals surface area (Å²) in [6.07, 6.45) is 10.8. The fraction of sp³-hybridized carbons (Fsp3) is 0.567. The highest BCUT2D eigenvalue weighted by Gasteiger charge is 2.34. The summed E-state index contributed by atoms with van der Waals surface area (Å²) in [5.41, 5.74) is 2.91. The van der Waals surface area contributed by atoms with E-state index < -0.39 is 17.6 Å². The zero-order valence-corrected chi connectivity index (χ0v) is 21.0. The maximum Gasteiger partial charge on any atom is 0.314 e. The number of rotatable bonds is 8. The van der Waals surface area contributed by atoms with Gasteiger partial charge in [-0.05, 0) is 106 Å². The lowest BCUT2D eigenvalue weighted by atomic mass is 9.68. The zero-order valence-electron chi connectivity index (χ0n) is 21.0. The Balaban J connectivity index is 1.24. The Bertz CT molecular complexity index is 972. The molecular formula is C30H38F2O3. The van der Waals surface area contributed by atoms with E-state index >= 15 is 0 Å². The van der Waals surface area contributed by atoms with E-state index in [0.717, 1.165) is 38.0 Å². The van der Waals surface area contributed by atoms with Crippen molar-refractivity contribution in [3.8, 4) is 11.5 Å². The quantitative estimate of drug-likeness (QED) is 0.281. The van der Waals surface area contributed by atoms with Gasteiger partial charge in [0, 0.05) is 0 Å². The minimum atomic E-state index is -1.17. The lowest BCUT2D eigenvalue weighted by Crippen LogP contribution is -2.30. The van der Waals surface area contributed by atoms with Crippen LogP contribution >= 0.6 is 0 Å². The molecule has 2 aliphatic rings. The van der Waals surface area contributed by atoms with Crippen LogP contribution in [0.25, 0.3) is 0 Å². The van der Waals surface area contributed by atoms with Crippen molar-refractivity contribution < 1.29 is 23.0 Å². The summed E-state index contributed by atoms with van der Waals surface area (Å²) in [6.45, 7) is 4.14. The Morgan fingerprint density at radius 2 is 1.37 bits per heavy atom. The normalized spacial score (nSPS) is 24.7. The highest BCUT2D eigenvalue weighted by Crippen LogP contribution is 2.44. The molecule has 2 aromatic rings. The molecular weight excluding hydrogens is 446 g/mol. The first-order chi connectivity index (χ1) is 17.0. The number of carbonyl (C=O) groups excluding carboxylic acids is 1. The van der Waals surface area contributed by atoms with E-state index in [1.807, 2.05) is 0 Å². The van der Waals surface area contributed by atoms with Crippen LogP contribution in [0.2, 0.25) is 0 Å². The second-order valence-electron chi connectivity index (χ2n) is 10.3. The first-order valence-electron chi connectivity index (χ1n) is 13.4. The standard InChI is InChI=1S/C30H38F2O3/c1-3-5-20-6-8-21(9-7-20)22-10-12-23(13-11-22)24-14-16-25(17-15-24)30(33)35-27-19-18-26(34-4-2)28(31)29(27)32/h6-9,18-19,22-25H,3-5,10-17H2,1-2H3. The predicted molar refractivity (Wildman–Crippen MR) is 134 cm³/mol. The molecule has 0 atom stereocenters. The minimum absolute atomic E-state index is 0.173. The van der Waals surface area contributed by atoms with Crippen molar-refractivity contribution in [1.82, 2.24) is 0 Å². The van der Waals surface area contributed by atoms with Gasteiger partial charge in [0.2, 0.25) is 11.6 Å². The number of hydrogen-bond donors (Lipinski definition) is 0. The number of benzene rings is 2. The molecule has 2 aromatic carbocycles. The summed E-state index contributed by atoms with van der Waals surface area (Å²) in [5.74, 6) is -1.50. The van der Waals surface area contributed by atoms with Gasteiger partial charge in [0.1, 0.15) is 0 Å². The third-order valence-electron chi connectivity index (χ3n) is 8.06. The van der Waals surface area contributed by atoms with E-state index in [1.54, 1.807) is 6.92 Å². The molecule has 2 fully saturated rings. The molecule has 35 heavy (non-hydrogen) atoms. The number of carbonyl (C=O) groups is 1. The van der Waals surface area contributed by atoms with Crippen molar-refractivity contribution in [1.29, 1.82) is 0 Å². The molecule has 0 radical (unpaired) electrons. The first kappa shape index (κ1) is 25.7. The summed E-state index contributed by atoms with van der Waals surface area (Å²) in [5, 5.41) is 0. The largest absolute Gasteiger partial charge is 0.491 e. The molecule has 4 rings (SSSR count). The highest BCUT2D eigenvalue weighted by atomic mass is 19.2. The van der Waals surface area contributed by atoms with Gasteiger partial charge >= 0.3 is 5.97 Å². The molecule has 0 bridgehead atoms. The van der Waals surface area contributed by atoms with Crippen LogP contribution in [0, 0.1) is 29.4 Å². The molecule has 5 heteroatoms. The number of esters is 1. The van der Waals surface area contributed by atoms with Crippen LogP contribution in [0.15, 0.2) is 36.4 Å². The maximum absolute atomic E-state index is 14.3. The second kappa shape index (κ2) is 12.0. The van der Waals surface area contributed by atoms with E-state index in [-0.39, 0.29) is 24.0 Å². The predicted octanol–water partition coefficient (Wildman–Crippen LogP) is 8.00. The van der Waals surface area contributed by atoms with Crippen LogP contribution in [-0.4, -0.2) is 12.6 Å². The van der Waals surface area contributed by atoms with Crippen molar-refractivity contribution >= 4 is 5.97 Å². The molecule has 0 aliphatic heterocycles. The zero-order chi connectivity index (χ0) is 24.8. The molecule has 0 amide bonds. The summed E-state index contributed by atoms with van der Waals surface area (Å²) >= 11 is 0. The Morgan fingerprint density at radius 1 is 0.800 bits per heavy atom. The van der Waals surface area contributed by atoms with Crippen molar-refractivity contribution in [2.45, 2.75) is 84.0 Å². The molecule has 190 valence electrons. The third kappa shape index (κ3) is 6.23. The van der Waals surface area contributed by atoms with Gasteiger partial charge in [-0.3, -0.25) is 4.79 Å². The average molecular weight is 485 g/mol. The lowest BCUT2D eigenvalue weighted by molar-refractivity contribution is -0.140. The van der Waals surface area contributed by atoms with Gasteiger partial charge in [0.05, 0.1) is 12.5 Å². The Labute approximate surface area is 208 Å². The Morgan fingerprint density at radius 3 is 1.97 bits per heavy atom. The molecule has 2 aliphatic carbocycles. The van der Waals surface area contributed by atoms with E-state index in [0.29, 0.717) is 11.8 Å². The van der Waals surface area contributed by atoms with Crippen molar-refractivity contribution in [2.24, 2.45) is 17.8 Å². The summed E-state index contributed by atoms with van der Waals surface area (Å²) in [7, 11) is 0. The Kier molecular flexibility index (Phi) is 8.80. The van der Waals surface area contributed by atoms with Gasteiger partial charge in [0.15, 0.2) is 11.5 Å². The molecule has 0 spiro atoms. The molecule has 0 aromatic heterocycles. The molecule has 0 N–H and O–H groups in total. The summed E-state index contributed by atoms with van der Waals surface area (Å²) in [4.78, 5) is 12.6. The SMILES string of the molecule is CCCc1ccc(C2CCC(C3CCC(C(=O)Oc4ccc(OCC)c(F)c4F)CC3)CC2)cc1. The molecule has 0 unspecified atom stereocenters. The van der Waals surface area contributed by atoms with E-state index in [4.69, 9.17) is 9.47 Å². The summed E-state index contributed by atoms with van der Waals surface area (Å²) in [6, 6.07) is 11.8. The van der Waals surface area contributed by atoms with Gasteiger partial charge in [-0.2, -0.15) is 8.78 Å². The van der Waals surface area contributed by atoms with Crippen LogP contribution in [0.4, 0.5) is 8.78 Å². The minimum Gasteiger partial charge on any atom is -0.491 e. The molecule has 2 saturated carbocycles. The van der Waals surface area contributed by atoms with Gasteiger partial charge in [-0.1, -0.05) is 37.6 Å². The third-order valence-corrected chi connectivity index (χ3v) is 8.06. The lowest BCUT2D eigenvalue weighted by Gasteiger charge is -2.37. The number of aryl methyl sites for hydroxylation is 1. The van der Waals surface area contributed by atoms with Gasteiger partial charge in [-0.15, -0.1) is 0 Å². The van der Waals surface area contributed by atoms with Crippen LogP contribution in [-0.2, 0) is 11.2 Å². The number of ether oxygens (including phenoxy) is 2. The Hall–Kier alpha value is -2.43. The number of hydrogen-bond acceptors (Lipinski definition) is 3. The molecule has 3 nitrogen and oxygen atoms in total. The smallest absolute Gasteiger partial charge is 0.314 e. The van der Waals surface area contributed by atoms with Gasteiger partial charge in [0.25, 0.3) is 0 Å². The van der Waals surface area contributed by atoms with Crippen molar-refractivity contribution in [3.05, 3.63) is 59.2 Å². The highest BCUT2D eigenvalue weighted by molar-refractivity contribution is 5.75. The molecule has 0 saturated heterocycles. The van der Waals surface area contributed by atoms with Gasteiger partial charge < -0.3 is 9.47 Å². The maximum atomic E-state index is 14.3. The van der Waals surface area contributed by atoms with E-state index in [9.17, 15) is 13.6 Å². The van der Waals surface area contributed by atoms with E-state index in [1.165, 1.54) is 55.4 Å². The molecule has 0 heterocycles.